The molecule has 2 aromatic carbocycles. The van der Waals surface area contributed by atoms with Gasteiger partial charge in [0.1, 0.15) is 7.85 Å². The summed E-state index contributed by atoms with van der Waals surface area (Å²) >= 11 is 12.2. The van der Waals surface area contributed by atoms with Crippen molar-refractivity contribution in [2.24, 2.45) is 10.9 Å². The van der Waals surface area contributed by atoms with E-state index in [9.17, 15) is 10.1 Å². The van der Waals surface area contributed by atoms with Crippen LogP contribution in [0.4, 0.5) is 5.69 Å². The summed E-state index contributed by atoms with van der Waals surface area (Å²) in [6.45, 7) is 0.452. The molecule has 2 N–H and O–H groups in total. The van der Waals surface area contributed by atoms with Crippen LogP contribution >= 0.6 is 23.2 Å². The van der Waals surface area contributed by atoms with Gasteiger partial charge in [0.2, 0.25) is 5.96 Å². The van der Waals surface area contributed by atoms with E-state index in [-0.39, 0.29) is 17.4 Å². The van der Waals surface area contributed by atoms with E-state index in [0.717, 1.165) is 0 Å². The predicted octanol–water partition coefficient (Wildman–Crippen LogP) is 3.95. The molecule has 1 aliphatic rings. The molecule has 7 nitrogen and oxygen atoms in total. The van der Waals surface area contributed by atoms with Crippen LogP contribution in [0, 0.1) is 29.1 Å². The third kappa shape index (κ3) is 6.92. The van der Waals surface area contributed by atoms with Crippen molar-refractivity contribution < 1.29 is 4.79 Å². The van der Waals surface area contributed by atoms with Gasteiger partial charge in [-0.15, -0.1) is 0 Å². The summed E-state index contributed by atoms with van der Waals surface area (Å²) in [6.07, 6.45) is 10.6. The number of nitrogens with one attached hydrogen (secondary N) is 2. The van der Waals surface area contributed by atoms with Crippen molar-refractivity contribution in [2.45, 2.75) is 12.0 Å². The highest BCUT2D eigenvalue weighted by molar-refractivity contribution is 6.31. The van der Waals surface area contributed by atoms with E-state index < -0.39 is 11.3 Å². The molecule has 1 amide bonds. The standard InChI is InChI=1S/C27H21BCl2N6O/c28-27(17-36-14-13-32-18-36,21-5-2-6-22(29)8-7-21)35-26(33-24-11-9-23(30)10-12-24)34-25(37)20-4-1-3-19(15-20)16-31/h1,3-4,6-15,18,21H,17,28H2,(H2,33,34,35,37)/t21?,27-/m1/s1. The number of carbonyl (C=O) groups is 1. The number of guanidine groups is 1. The van der Waals surface area contributed by atoms with Gasteiger partial charge in [-0.05, 0) is 48.5 Å². The van der Waals surface area contributed by atoms with Crippen LogP contribution in [-0.2, 0) is 6.54 Å². The number of nitriles is 1. The van der Waals surface area contributed by atoms with E-state index in [1.807, 2.05) is 30.8 Å². The number of benzene rings is 2. The predicted molar refractivity (Wildman–Crippen MR) is 149 cm³/mol. The molecule has 1 unspecified atom stereocenters. The molecule has 0 saturated heterocycles. The Morgan fingerprint density at radius 2 is 2.08 bits per heavy atom. The molecule has 0 fully saturated rings. The van der Waals surface area contributed by atoms with Crippen LogP contribution in [0.15, 0.2) is 95.5 Å². The second-order valence-corrected chi connectivity index (χ2v) is 9.40. The Morgan fingerprint density at radius 1 is 1.27 bits per heavy atom. The number of amides is 1. The summed E-state index contributed by atoms with van der Waals surface area (Å²) in [6, 6.07) is 15.5. The zero-order chi connectivity index (χ0) is 26.3. The number of nitrogens with zero attached hydrogens (tertiary/aromatic N) is 4. The molecule has 2 atom stereocenters. The van der Waals surface area contributed by atoms with Crippen LogP contribution in [0.1, 0.15) is 15.9 Å². The Morgan fingerprint density at radius 3 is 2.81 bits per heavy atom. The fourth-order valence-electron chi connectivity index (χ4n) is 3.75. The average molecular weight is 527 g/mol. The lowest BCUT2D eigenvalue weighted by atomic mass is 9.67. The van der Waals surface area contributed by atoms with E-state index in [2.05, 4.69) is 32.5 Å². The number of aromatic nitrogens is 2. The summed E-state index contributed by atoms with van der Waals surface area (Å²) in [5.74, 6) is 5.60. The van der Waals surface area contributed by atoms with Crippen molar-refractivity contribution in [3.05, 3.63) is 107 Å². The van der Waals surface area contributed by atoms with Crippen molar-refractivity contribution in [3.8, 4) is 17.9 Å². The van der Waals surface area contributed by atoms with Crippen molar-refractivity contribution in [1.29, 1.82) is 5.26 Å². The molecule has 0 radical (unpaired) electrons. The Balaban J connectivity index is 1.73. The highest BCUT2D eigenvalue weighted by Gasteiger charge is 2.34. The lowest BCUT2D eigenvalue weighted by Crippen LogP contribution is -2.58. The minimum atomic E-state index is -0.757. The maximum absolute atomic E-state index is 13.2. The summed E-state index contributed by atoms with van der Waals surface area (Å²) in [5, 5.41) is 17.0. The molecule has 0 aliphatic heterocycles. The Hall–Kier alpha value is -4.24. The van der Waals surface area contributed by atoms with Gasteiger partial charge in [-0.2, -0.15) is 10.3 Å². The maximum Gasteiger partial charge on any atom is 0.280 e. The van der Waals surface area contributed by atoms with Crippen LogP contribution in [-0.4, -0.2) is 34.7 Å². The topological polar surface area (TPSA) is 95.1 Å². The van der Waals surface area contributed by atoms with Crippen LogP contribution in [0.5, 0.6) is 0 Å². The third-order valence-corrected chi connectivity index (χ3v) is 6.10. The van der Waals surface area contributed by atoms with Crippen LogP contribution in [0.2, 0.25) is 5.02 Å². The van der Waals surface area contributed by atoms with Gasteiger partial charge in [0.05, 0.1) is 23.9 Å². The SMILES string of the molecule is B[C@](Cn1ccnc1)(N/C(=N/C(=O)c1cccc(C#N)c1)Nc1ccc(Cl)cc1)C1C#CC=C(Cl)C=C1. The number of halogens is 2. The molecule has 0 saturated carbocycles. The summed E-state index contributed by atoms with van der Waals surface area (Å²) < 4.78 is 1.92. The molecule has 3 aromatic rings. The minimum Gasteiger partial charge on any atom is -0.355 e. The summed E-state index contributed by atoms with van der Waals surface area (Å²) in [5.41, 5.74) is 0.575. The molecule has 0 bridgehead atoms. The van der Waals surface area contributed by atoms with Crippen molar-refractivity contribution >= 4 is 48.6 Å². The highest BCUT2D eigenvalue weighted by atomic mass is 35.5. The number of rotatable bonds is 6. The summed E-state index contributed by atoms with van der Waals surface area (Å²) in [4.78, 5) is 21.7. The molecule has 4 rings (SSSR count). The lowest BCUT2D eigenvalue weighted by Gasteiger charge is -2.36. The molecule has 1 aliphatic carbocycles. The van der Waals surface area contributed by atoms with Gasteiger partial charge in [-0.1, -0.05) is 47.2 Å². The van der Waals surface area contributed by atoms with Crippen molar-refractivity contribution in [2.75, 3.05) is 5.32 Å². The highest BCUT2D eigenvalue weighted by Crippen LogP contribution is 2.22. The number of carbonyl (C=O) groups excluding carboxylic acids is 1. The molecular weight excluding hydrogens is 506 g/mol. The first-order valence-electron chi connectivity index (χ1n) is 11.3. The molecule has 1 aromatic heterocycles. The Labute approximate surface area is 225 Å². The fraction of sp³-hybridized carbons (Fsp3) is 0.111. The number of allylic oxidation sites excluding steroid dienone is 3. The zero-order valence-electron chi connectivity index (χ0n) is 19.8. The van der Waals surface area contributed by atoms with Crippen LogP contribution in [0.3, 0.4) is 0 Å². The van der Waals surface area contributed by atoms with Crippen LogP contribution < -0.4 is 10.6 Å². The quantitative estimate of drug-likeness (QED) is 0.219. The average Bonchev–Trinajstić information content (AvgIpc) is 3.29. The lowest BCUT2D eigenvalue weighted by molar-refractivity contribution is 0.100. The number of hydrogen-bond donors (Lipinski definition) is 2. The Kier molecular flexibility index (Phi) is 8.15. The fourth-order valence-corrected chi connectivity index (χ4v) is 4.00. The van der Waals surface area contributed by atoms with Gasteiger partial charge in [0, 0.05) is 51.8 Å². The van der Waals surface area contributed by atoms with Crippen molar-refractivity contribution in [3.63, 3.8) is 0 Å². The first kappa shape index (κ1) is 25.8. The van der Waals surface area contributed by atoms with E-state index in [1.54, 1.807) is 67.1 Å². The maximum atomic E-state index is 13.2. The second-order valence-electron chi connectivity index (χ2n) is 8.52. The second kappa shape index (κ2) is 11.7. The van der Waals surface area contributed by atoms with Gasteiger partial charge in [-0.25, -0.2) is 4.98 Å². The Bertz CT molecular complexity index is 1480. The first-order chi connectivity index (χ1) is 17.8. The summed E-state index contributed by atoms with van der Waals surface area (Å²) in [7, 11) is 1.98. The third-order valence-electron chi connectivity index (χ3n) is 5.62. The first-order valence-corrected chi connectivity index (χ1v) is 12.0. The molecular formula is C27H21BCl2N6O. The van der Waals surface area contributed by atoms with Gasteiger partial charge < -0.3 is 15.2 Å². The number of anilines is 1. The molecule has 1 heterocycles. The van der Waals surface area contributed by atoms with Gasteiger partial charge in [0.25, 0.3) is 5.91 Å². The zero-order valence-corrected chi connectivity index (χ0v) is 21.3. The van der Waals surface area contributed by atoms with Gasteiger partial charge in [0.15, 0.2) is 0 Å². The molecule has 0 spiro atoms. The monoisotopic (exact) mass is 526 g/mol. The molecule has 10 heteroatoms. The molecule has 182 valence electrons. The van der Waals surface area contributed by atoms with E-state index >= 15 is 0 Å². The van der Waals surface area contributed by atoms with Gasteiger partial charge >= 0.3 is 0 Å². The van der Waals surface area contributed by atoms with Gasteiger partial charge in [-0.3, -0.25) is 4.79 Å². The minimum absolute atomic E-state index is 0.204. The number of imidazole rings is 1. The smallest absolute Gasteiger partial charge is 0.280 e. The van der Waals surface area contributed by atoms with E-state index in [1.165, 1.54) is 6.07 Å². The number of aliphatic imine (C=N–C) groups is 1. The van der Waals surface area contributed by atoms with E-state index in [0.29, 0.717) is 27.9 Å². The molecule has 37 heavy (non-hydrogen) atoms. The van der Waals surface area contributed by atoms with Crippen LogP contribution in [0.25, 0.3) is 0 Å². The number of hydrogen-bond acceptors (Lipinski definition) is 3. The normalized spacial score (nSPS) is 16.3. The van der Waals surface area contributed by atoms with Crippen molar-refractivity contribution in [1.82, 2.24) is 14.9 Å². The van der Waals surface area contributed by atoms with E-state index in [4.69, 9.17) is 23.2 Å². The largest absolute Gasteiger partial charge is 0.355 e.